The normalized spacial score (nSPS) is 16.9. The number of likely N-dealkylation sites (tertiary alicyclic amines) is 1. The van der Waals surface area contributed by atoms with Crippen molar-refractivity contribution in [3.63, 3.8) is 0 Å². The molecule has 1 N–H and O–H groups in total. The van der Waals surface area contributed by atoms with Crippen molar-refractivity contribution in [1.82, 2.24) is 4.90 Å². The van der Waals surface area contributed by atoms with Crippen molar-refractivity contribution in [2.75, 3.05) is 11.9 Å². The molecular weight excluding hydrogens is 308 g/mol. The number of ketones is 1. The zero-order valence-corrected chi connectivity index (χ0v) is 13.3. The third-order valence-electron chi connectivity index (χ3n) is 4.11. The number of nitrogens with zero attached hydrogens (tertiary/aromatic N) is 1. The minimum absolute atomic E-state index is 0.0288. The highest BCUT2D eigenvalue weighted by Gasteiger charge is 2.35. The number of hydrogen-bond donors (Lipinski definition) is 1. The summed E-state index contributed by atoms with van der Waals surface area (Å²) in [5.41, 5.74) is 1.19. The van der Waals surface area contributed by atoms with E-state index in [1.54, 1.807) is 36.4 Å². The van der Waals surface area contributed by atoms with E-state index in [1.807, 2.05) is 0 Å². The fraction of sp³-hybridized carbons (Fsp3) is 0.278. The molecule has 1 atom stereocenters. The number of hydrogen-bond acceptors (Lipinski definition) is 4. The summed E-state index contributed by atoms with van der Waals surface area (Å²) in [7, 11) is 0. The van der Waals surface area contributed by atoms with E-state index in [2.05, 4.69) is 5.32 Å². The van der Waals surface area contributed by atoms with Gasteiger partial charge in [0.05, 0.1) is 6.26 Å². The third kappa shape index (κ3) is 3.22. The van der Waals surface area contributed by atoms with Crippen LogP contribution in [0.1, 0.15) is 40.7 Å². The maximum Gasteiger partial charge on any atom is 0.290 e. The molecule has 1 aliphatic rings. The summed E-state index contributed by atoms with van der Waals surface area (Å²) in [6, 6.07) is 9.42. The lowest BCUT2D eigenvalue weighted by Gasteiger charge is -2.23. The molecule has 1 fully saturated rings. The van der Waals surface area contributed by atoms with E-state index in [1.165, 1.54) is 18.1 Å². The molecule has 1 aromatic heterocycles. The molecule has 124 valence electrons. The van der Waals surface area contributed by atoms with Gasteiger partial charge in [0.25, 0.3) is 5.91 Å². The van der Waals surface area contributed by atoms with E-state index in [9.17, 15) is 14.4 Å². The Kier molecular flexibility index (Phi) is 4.46. The van der Waals surface area contributed by atoms with Gasteiger partial charge in [0.15, 0.2) is 11.5 Å². The Bertz CT molecular complexity index is 750. The number of carbonyl (C=O) groups is 3. The Morgan fingerprint density at radius 2 is 1.92 bits per heavy atom. The quantitative estimate of drug-likeness (QED) is 0.876. The first-order valence-electron chi connectivity index (χ1n) is 7.82. The van der Waals surface area contributed by atoms with Gasteiger partial charge < -0.3 is 14.6 Å². The van der Waals surface area contributed by atoms with Gasteiger partial charge >= 0.3 is 0 Å². The zero-order chi connectivity index (χ0) is 17.1. The monoisotopic (exact) mass is 326 g/mol. The first kappa shape index (κ1) is 16.0. The predicted molar refractivity (Wildman–Crippen MR) is 87.8 cm³/mol. The van der Waals surface area contributed by atoms with Gasteiger partial charge in [-0.15, -0.1) is 0 Å². The van der Waals surface area contributed by atoms with Crippen molar-refractivity contribution in [3.8, 4) is 0 Å². The second kappa shape index (κ2) is 6.70. The molecule has 2 aromatic rings. The lowest BCUT2D eigenvalue weighted by Crippen LogP contribution is -2.43. The standard InChI is InChI=1S/C18H18N2O4/c1-12(21)13-6-8-14(9-7-13)19-17(22)15-4-2-10-20(15)18(23)16-5-3-11-24-16/h3,5-9,11,15H,2,4,10H2,1H3,(H,19,22). The molecule has 2 amide bonds. The van der Waals surface area contributed by atoms with Crippen LogP contribution in [0.25, 0.3) is 0 Å². The summed E-state index contributed by atoms with van der Waals surface area (Å²) in [6.07, 6.45) is 2.83. The van der Waals surface area contributed by atoms with Crippen LogP contribution in [0.2, 0.25) is 0 Å². The van der Waals surface area contributed by atoms with Crippen LogP contribution in [0.4, 0.5) is 5.69 Å². The first-order chi connectivity index (χ1) is 11.6. The van der Waals surface area contributed by atoms with Crippen molar-refractivity contribution < 1.29 is 18.8 Å². The van der Waals surface area contributed by atoms with E-state index in [0.717, 1.165) is 6.42 Å². The summed E-state index contributed by atoms with van der Waals surface area (Å²) in [6.45, 7) is 2.02. The van der Waals surface area contributed by atoms with Gasteiger partial charge in [-0.05, 0) is 56.2 Å². The van der Waals surface area contributed by atoms with Gasteiger partial charge in [-0.1, -0.05) is 0 Å². The van der Waals surface area contributed by atoms with E-state index in [4.69, 9.17) is 4.42 Å². The summed E-state index contributed by atoms with van der Waals surface area (Å²) in [5.74, 6) is -0.299. The first-order valence-corrected chi connectivity index (χ1v) is 7.82. The van der Waals surface area contributed by atoms with E-state index in [-0.39, 0.29) is 23.4 Å². The molecular formula is C18H18N2O4. The molecule has 1 aromatic carbocycles. The molecule has 0 radical (unpaired) electrons. The number of anilines is 1. The summed E-state index contributed by atoms with van der Waals surface area (Å²) < 4.78 is 5.13. The van der Waals surface area contributed by atoms with Gasteiger partial charge in [-0.2, -0.15) is 0 Å². The minimum Gasteiger partial charge on any atom is -0.459 e. The molecule has 3 rings (SSSR count). The molecule has 1 aliphatic heterocycles. The highest BCUT2D eigenvalue weighted by atomic mass is 16.3. The fourth-order valence-corrected chi connectivity index (χ4v) is 2.84. The van der Waals surface area contributed by atoms with Crippen LogP contribution in [0.15, 0.2) is 47.1 Å². The molecule has 6 nitrogen and oxygen atoms in total. The lowest BCUT2D eigenvalue weighted by molar-refractivity contribution is -0.119. The van der Waals surface area contributed by atoms with Crippen LogP contribution < -0.4 is 5.32 Å². The molecule has 0 spiro atoms. The summed E-state index contributed by atoms with van der Waals surface area (Å²) in [4.78, 5) is 37.7. The largest absolute Gasteiger partial charge is 0.459 e. The molecule has 2 heterocycles. The van der Waals surface area contributed by atoms with Gasteiger partial charge in [0, 0.05) is 17.8 Å². The van der Waals surface area contributed by atoms with Crippen molar-refractivity contribution in [3.05, 3.63) is 54.0 Å². The van der Waals surface area contributed by atoms with Gasteiger partial charge in [0.1, 0.15) is 6.04 Å². The molecule has 0 aliphatic carbocycles. The van der Waals surface area contributed by atoms with Crippen molar-refractivity contribution in [1.29, 1.82) is 0 Å². The molecule has 0 saturated carbocycles. The van der Waals surface area contributed by atoms with Crippen LogP contribution >= 0.6 is 0 Å². The third-order valence-corrected chi connectivity index (χ3v) is 4.11. The highest BCUT2D eigenvalue weighted by Crippen LogP contribution is 2.22. The van der Waals surface area contributed by atoms with Crippen LogP contribution in [0.5, 0.6) is 0 Å². The maximum atomic E-state index is 12.5. The van der Waals surface area contributed by atoms with Crippen LogP contribution in [0.3, 0.4) is 0 Å². The van der Waals surface area contributed by atoms with Crippen molar-refractivity contribution in [2.45, 2.75) is 25.8 Å². The molecule has 24 heavy (non-hydrogen) atoms. The summed E-state index contributed by atoms with van der Waals surface area (Å²) >= 11 is 0. The number of rotatable bonds is 4. The van der Waals surface area contributed by atoms with Crippen molar-refractivity contribution in [2.24, 2.45) is 0 Å². The van der Waals surface area contributed by atoms with Crippen LogP contribution in [0, 0.1) is 0 Å². The van der Waals surface area contributed by atoms with E-state index < -0.39 is 6.04 Å². The number of nitrogens with one attached hydrogen (secondary N) is 1. The van der Waals surface area contributed by atoms with Gasteiger partial charge in [0.2, 0.25) is 5.91 Å². The molecule has 0 bridgehead atoms. The zero-order valence-electron chi connectivity index (χ0n) is 13.3. The van der Waals surface area contributed by atoms with Gasteiger partial charge in [-0.3, -0.25) is 14.4 Å². The van der Waals surface area contributed by atoms with Crippen molar-refractivity contribution >= 4 is 23.3 Å². The topological polar surface area (TPSA) is 79.6 Å². The molecule has 1 unspecified atom stereocenters. The molecule has 6 heteroatoms. The number of furan rings is 1. The number of amides is 2. The van der Waals surface area contributed by atoms with E-state index >= 15 is 0 Å². The average molecular weight is 326 g/mol. The van der Waals surface area contributed by atoms with Crippen LogP contribution in [-0.2, 0) is 4.79 Å². The van der Waals surface area contributed by atoms with Crippen LogP contribution in [-0.4, -0.2) is 35.1 Å². The van der Waals surface area contributed by atoms with E-state index in [0.29, 0.717) is 24.2 Å². The van der Waals surface area contributed by atoms with Gasteiger partial charge in [-0.25, -0.2) is 0 Å². The fourth-order valence-electron chi connectivity index (χ4n) is 2.84. The lowest BCUT2D eigenvalue weighted by atomic mass is 10.1. The Labute approximate surface area is 139 Å². The summed E-state index contributed by atoms with van der Waals surface area (Å²) in [5, 5.41) is 2.81. The smallest absolute Gasteiger partial charge is 0.290 e. The predicted octanol–water partition coefficient (Wildman–Crippen LogP) is 2.73. The Hall–Kier alpha value is -2.89. The second-order valence-electron chi connectivity index (χ2n) is 5.76. The SMILES string of the molecule is CC(=O)c1ccc(NC(=O)C2CCCN2C(=O)c2ccco2)cc1. The minimum atomic E-state index is -0.518. The molecule has 1 saturated heterocycles. The second-order valence-corrected chi connectivity index (χ2v) is 5.76. The Balaban J connectivity index is 1.69. The highest BCUT2D eigenvalue weighted by molar-refractivity contribution is 6.01. The average Bonchev–Trinajstić information content (AvgIpc) is 3.26. The number of carbonyl (C=O) groups excluding carboxylic acids is 3. The Morgan fingerprint density at radius 1 is 1.17 bits per heavy atom. The number of benzene rings is 1. The maximum absolute atomic E-state index is 12.5. The number of Topliss-reactive ketones (excluding diaryl/α,β-unsaturated/α-hetero) is 1. The Morgan fingerprint density at radius 3 is 2.54 bits per heavy atom.